The SMILES string of the molecule is COCCOc1cc(C(=O)N(C(C)C)[C@@H]2CCCNC2)nc2c(OCCCCC(C)=O)cccc12. The minimum Gasteiger partial charge on any atom is -0.491 e. The van der Waals surface area contributed by atoms with Gasteiger partial charge >= 0.3 is 0 Å². The number of unbranched alkanes of at least 4 members (excludes halogenated alkanes) is 1. The Hall–Kier alpha value is -2.71. The number of para-hydroxylation sites is 1. The largest absolute Gasteiger partial charge is 0.491 e. The molecule has 0 unspecified atom stereocenters. The summed E-state index contributed by atoms with van der Waals surface area (Å²) < 4.78 is 17.2. The van der Waals surface area contributed by atoms with Gasteiger partial charge in [-0.15, -0.1) is 0 Å². The number of carbonyl (C=O) groups is 2. The highest BCUT2D eigenvalue weighted by Crippen LogP contribution is 2.33. The number of pyridine rings is 1. The maximum absolute atomic E-state index is 13.8. The van der Waals surface area contributed by atoms with Gasteiger partial charge in [0.2, 0.25) is 0 Å². The van der Waals surface area contributed by atoms with Gasteiger partial charge < -0.3 is 29.2 Å². The molecule has 0 bridgehead atoms. The zero-order valence-electron chi connectivity index (χ0n) is 21.5. The maximum Gasteiger partial charge on any atom is 0.273 e. The first-order valence-corrected chi connectivity index (χ1v) is 12.6. The quantitative estimate of drug-likeness (QED) is 0.429. The van der Waals surface area contributed by atoms with E-state index in [1.165, 1.54) is 0 Å². The number of carbonyl (C=O) groups excluding carboxylic acids is 2. The molecule has 0 aliphatic carbocycles. The highest BCUT2D eigenvalue weighted by Gasteiger charge is 2.30. The molecule has 2 aromatic rings. The van der Waals surface area contributed by atoms with E-state index in [0.29, 0.717) is 49.0 Å². The molecular weight excluding hydrogens is 446 g/mol. The van der Waals surface area contributed by atoms with Gasteiger partial charge in [-0.25, -0.2) is 4.98 Å². The molecule has 0 saturated carbocycles. The van der Waals surface area contributed by atoms with Gasteiger partial charge in [-0.3, -0.25) is 4.79 Å². The number of fused-ring (bicyclic) bond motifs is 1. The van der Waals surface area contributed by atoms with Crippen molar-refractivity contribution in [3.63, 3.8) is 0 Å². The van der Waals surface area contributed by atoms with Gasteiger partial charge in [-0.2, -0.15) is 0 Å². The van der Waals surface area contributed by atoms with E-state index in [1.807, 2.05) is 36.9 Å². The molecule has 1 saturated heterocycles. The van der Waals surface area contributed by atoms with Crippen LogP contribution in [-0.4, -0.2) is 73.7 Å². The fraction of sp³-hybridized carbons (Fsp3) is 0.593. The molecule has 8 heteroatoms. The summed E-state index contributed by atoms with van der Waals surface area (Å²) in [5.74, 6) is 1.26. The molecule has 1 aromatic heterocycles. The summed E-state index contributed by atoms with van der Waals surface area (Å²) in [7, 11) is 1.62. The fourth-order valence-electron chi connectivity index (χ4n) is 4.45. The monoisotopic (exact) mass is 485 g/mol. The third-order valence-electron chi connectivity index (χ3n) is 6.16. The van der Waals surface area contributed by atoms with E-state index in [4.69, 9.17) is 19.2 Å². The second-order valence-electron chi connectivity index (χ2n) is 9.31. The van der Waals surface area contributed by atoms with Crippen LogP contribution < -0.4 is 14.8 Å². The molecule has 1 atom stereocenters. The molecule has 1 amide bonds. The van der Waals surface area contributed by atoms with Crippen molar-refractivity contribution in [3.8, 4) is 11.5 Å². The highest BCUT2D eigenvalue weighted by molar-refractivity contribution is 5.98. The van der Waals surface area contributed by atoms with E-state index >= 15 is 0 Å². The van der Waals surface area contributed by atoms with Crippen molar-refractivity contribution < 1.29 is 23.8 Å². The van der Waals surface area contributed by atoms with E-state index in [9.17, 15) is 9.59 Å². The number of nitrogens with zero attached hydrogens (tertiary/aromatic N) is 2. The van der Waals surface area contributed by atoms with E-state index in [1.54, 1.807) is 20.1 Å². The third kappa shape index (κ3) is 7.39. The van der Waals surface area contributed by atoms with Crippen LogP contribution >= 0.6 is 0 Å². The number of hydrogen-bond acceptors (Lipinski definition) is 7. The lowest BCUT2D eigenvalue weighted by atomic mass is 10.0. The third-order valence-corrected chi connectivity index (χ3v) is 6.16. The van der Waals surface area contributed by atoms with Gasteiger partial charge in [0.05, 0.1) is 13.2 Å². The molecule has 35 heavy (non-hydrogen) atoms. The Kier molecular flexibility index (Phi) is 10.3. The van der Waals surface area contributed by atoms with Crippen LogP contribution in [0.3, 0.4) is 0 Å². The van der Waals surface area contributed by atoms with Crippen molar-refractivity contribution in [2.24, 2.45) is 0 Å². The summed E-state index contributed by atoms with van der Waals surface area (Å²) >= 11 is 0. The Balaban J connectivity index is 1.93. The lowest BCUT2D eigenvalue weighted by molar-refractivity contribution is -0.117. The van der Waals surface area contributed by atoms with Gasteiger partial charge in [-0.1, -0.05) is 6.07 Å². The Bertz CT molecular complexity index is 988. The molecule has 1 N–H and O–H groups in total. The second-order valence-corrected chi connectivity index (χ2v) is 9.31. The molecule has 1 fully saturated rings. The predicted octanol–water partition coefficient (Wildman–Crippen LogP) is 4.00. The molecule has 1 aromatic carbocycles. The normalized spacial score (nSPS) is 15.9. The molecule has 192 valence electrons. The number of methoxy groups -OCH3 is 1. The van der Waals surface area contributed by atoms with Crippen LogP contribution in [-0.2, 0) is 9.53 Å². The number of aromatic nitrogens is 1. The van der Waals surface area contributed by atoms with Gasteiger partial charge in [0.25, 0.3) is 5.91 Å². The summed E-state index contributed by atoms with van der Waals surface area (Å²) in [5, 5.41) is 4.19. The van der Waals surface area contributed by atoms with Crippen LogP contribution in [0.2, 0.25) is 0 Å². The number of nitrogens with one attached hydrogen (secondary N) is 1. The summed E-state index contributed by atoms with van der Waals surface area (Å²) in [6.45, 7) is 8.71. The first kappa shape index (κ1) is 26.9. The predicted molar refractivity (Wildman–Crippen MR) is 136 cm³/mol. The summed E-state index contributed by atoms with van der Waals surface area (Å²) in [6, 6.07) is 7.58. The number of Topliss-reactive ketones (excluding diaryl/α,β-unsaturated/α-hetero) is 1. The van der Waals surface area contributed by atoms with Crippen LogP contribution in [0.25, 0.3) is 10.9 Å². The average Bonchev–Trinajstić information content (AvgIpc) is 2.84. The van der Waals surface area contributed by atoms with Crippen LogP contribution in [0, 0.1) is 0 Å². The Morgan fingerprint density at radius 1 is 1.14 bits per heavy atom. The number of ether oxygens (including phenoxy) is 3. The lowest BCUT2D eigenvalue weighted by Crippen LogP contribution is -2.51. The number of ketones is 1. The minimum absolute atomic E-state index is 0.0375. The first-order valence-electron chi connectivity index (χ1n) is 12.6. The van der Waals surface area contributed by atoms with Crippen molar-refractivity contribution in [3.05, 3.63) is 30.0 Å². The molecular formula is C27H39N3O5. The standard InChI is InChI=1S/C27H39N3O5/c1-19(2)30(21-10-8-13-28-18-21)27(32)23-17-25(35-16-15-33-4)22-11-7-12-24(26(22)29-23)34-14-6-5-9-20(3)31/h7,11-12,17,19,21,28H,5-6,8-10,13-16,18H2,1-4H3/t21-/m1/s1. The maximum atomic E-state index is 13.8. The lowest BCUT2D eigenvalue weighted by Gasteiger charge is -2.37. The minimum atomic E-state index is -0.108. The molecule has 0 spiro atoms. The zero-order valence-corrected chi connectivity index (χ0v) is 21.5. The molecule has 3 rings (SSSR count). The Labute approximate surface area is 208 Å². The zero-order chi connectivity index (χ0) is 25.2. The number of benzene rings is 1. The van der Waals surface area contributed by atoms with Crippen LogP contribution in [0.5, 0.6) is 11.5 Å². The number of hydrogen-bond donors (Lipinski definition) is 1. The van der Waals surface area contributed by atoms with Gasteiger partial charge in [-0.05, 0) is 65.1 Å². The van der Waals surface area contributed by atoms with E-state index in [-0.39, 0.29) is 23.8 Å². The van der Waals surface area contributed by atoms with Crippen LogP contribution in [0.1, 0.15) is 63.4 Å². The number of rotatable bonds is 13. The molecule has 1 aliphatic heterocycles. The topological polar surface area (TPSA) is 90.0 Å². The van der Waals surface area contributed by atoms with Gasteiger partial charge in [0.1, 0.15) is 35.1 Å². The molecule has 8 nitrogen and oxygen atoms in total. The summed E-state index contributed by atoms with van der Waals surface area (Å²) in [6.07, 6.45) is 4.10. The summed E-state index contributed by atoms with van der Waals surface area (Å²) in [4.78, 5) is 31.7. The number of amides is 1. The van der Waals surface area contributed by atoms with Gasteiger partial charge in [0.15, 0.2) is 0 Å². The Morgan fingerprint density at radius 3 is 2.63 bits per heavy atom. The van der Waals surface area contributed by atoms with E-state index in [0.717, 1.165) is 44.2 Å². The highest BCUT2D eigenvalue weighted by atomic mass is 16.5. The average molecular weight is 486 g/mol. The Morgan fingerprint density at radius 2 is 1.94 bits per heavy atom. The number of piperidine rings is 1. The smallest absolute Gasteiger partial charge is 0.273 e. The summed E-state index contributed by atoms with van der Waals surface area (Å²) in [5.41, 5.74) is 0.944. The molecule has 1 aliphatic rings. The van der Waals surface area contributed by atoms with E-state index < -0.39 is 0 Å². The van der Waals surface area contributed by atoms with Crippen LogP contribution in [0.15, 0.2) is 24.3 Å². The fourth-order valence-corrected chi connectivity index (χ4v) is 4.45. The molecule has 2 heterocycles. The van der Waals surface area contributed by atoms with Crippen molar-refractivity contribution >= 4 is 22.6 Å². The van der Waals surface area contributed by atoms with E-state index in [2.05, 4.69) is 5.32 Å². The van der Waals surface area contributed by atoms with Crippen molar-refractivity contribution in [1.82, 2.24) is 15.2 Å². The second kappa shape index (κ2) is 13.4. The first-order chi connectivity index (χ1) is 16.9. The van der Waals surface area contributed by atoms with Crippen molar-refractivity contribution in [1.29, 1.82) is 0 Å². The van der Waals surface area contributed by atoms with Crippen molar-refractivity contribution in [2.45, 2.75) is 65.0 Å². The van der Waals surface area contributed by atoms with Crippen LogP contribution in [0.4, 0.5) is 0 Å². The van der Waals surface area contributed by atoms with Crippen molar-refractivity contribution in [2.75, 3.05) is 40.0 Å². The molecule has 0 radical (unpaired) electrons. The van der Waals surface area contributed by atoms with Gasteiger partial charge in [0, 0.05) is 43.6 Å².